The van der Waals surface area contributed by atoms with Crippen molar-refractivity contribution in [2.45, 2.75) is 0 Å². The first-order valence-corrected chi connectivity index (χ1v) is 0. The molecule has 0 rings (SSSR count). The third-order valence-electron chi connectivity index (χ3n) is 0. The Morgan fingerprint density at radius 3 is 0.625 bits per heavy atom. The quantitative estimate of drug-likeness (QED) is 0.300. The monoisotopic (exact) mass is 1090 g/mol. The topological polar surface area (TPSA) is 0 Å². The Labute approximate surface area is 158 Å². The molecule has 0 aliphatic rings. The molecule has 0 aromatic rings. The van der Waals surface area contributed by atoms with Crippen molar-refractivity contribution in [3.63, 3.8) is 0 Å². The average molecular weight is 1090 g/mol. The largest absolute Gasteiger partial charge is 0 e. The molecule has 0 spiro atoms. The van der Waals surface area contributed by atoms with Crippen LogP contribution in [0.1, 0.15) is 0 Å². The molecule has 0 atom stereocenters. The molecule has 0 fully saturated rings. The van der Waals surface area contributed by atoms with Gasteiger partial charge in [-0.3, -0.25) is 0 Å². The maximum Gasteiger partial charge on any atom is 0 e. The van der Waals surface area contributed by atoms with Gasteiger partial charge in [-0.1, -0.05) is 0 Å². The summed E-state index contributed by atoms with van der Waals surface area (Å²) in [5.74, 6) is 0. The molecule has 0 nitrogen and oxygen atoms in total. The van der Waals surface area contributed by atoms with Crippen LogP contribution in [-0.4, -0.2) is 0 Å². The number of rotatable bonds is 0. The van der Waals surface area contributed by atoms with E-state index in [-0.39, 0.29) is 162 Å². The normalized spacial score (nSPS) is 0. The molecule has 0 unspecified atom stereocenters. The van der Waals surface area contributed by atoms with Crippen LogP contribution in [0.3, 0.4) is 0 Å². The molecule has 0 saturated carbocycles. The van der Waals surface area contributed by atoms with E-state index in [1.54, 1.807) is 0 Å². The Morgan fingerprint density at radius 2 is 0.625 bits per heavy atom. The van der Waals surface area contributed by atoms with E-state index >= 15 is 0 Å². The second kappa shape index (κ2) is 56.5. The zero-order valence-electron chi connectivity index (χ0n) is 3.10. The fourth-order valence-corrected chi connectivity index (χ4v) is 0. The fraction of sp³-hybridized carbons (Fsp3) is 0. The van der Waals surface area contributed by atoms with Crippen LogP contribution >= 0.6 is 0 Å². The summed E-state index contributed by atoms with van der Waals surface area (Å²) in [7, 11) is 0. The summed E-state index contributed by atoms with van der Waals surface area (Å²) in [6.07, 6.45) is 0. The molecule has 0 aromatic heterocycles. The van der Waals surface area contributed by atoms with Crippen LogP contribution in [0, 0.1) is 0 Å². The van der Waals surface area contributed by atoms with Crippen LogP contribution in [0.25, 0.3) is 0 Å². The Kier molecular flexibility index (Phi) is 511. The predicted octanol–water partition coefficient (Wildman–Crippen LogP) is -0.0200. The van der Waals surface area contributed by atoms with Gasteiger partial charge in [0.15, 0.2) is 0 Å². The van der Waals surface area contributed by atoms with Gasteiger partial charge in [0.05, 0.1) is 0 Å². The van der Waals surface area contributed by atoms with Crippen molar-refractivity contribution in [2.75, 3.05) is 0 Å². The molecule has 0 aromatic carbocycles. The van der Waals surface area contributed by atoms with Gasteiger partial charge in [-0.05, 0) is 0 Å². The maximum atomic E-state index is 0. The first kappa shape index (κ1) is 72.4. The molecule has 8 heavy (non-hydrogen) atoms. The van der Waals surface area contributed by atoms with E-state index in [1.807, 2.05) is 0 Å². The number of hydrogen-bond donors (Lipinski definition) is 0. The summed E-state index contributed by atoms with van der Waals surface area (Å²) < 4.78 is 0. The second-order valence-corrected chi connectivity index (χ2v) is 0. The Bertz CT molecular complexity index is 16.0. The van der Waals surface area contributed by atoms with E-state index in [1.165, 1.54) is 0 Å². The standard InChI is InChI=1S/Au.Fe.Ni.Ti.4W. The average Bonchev–Trinajstić information content (AvgIpc) is 0. The van der Waals surface area contributed by atoms with E-state index in [0.29, 0.717) is 0 Å². The van der Waals surface area contributed by atoms with E-state index in [2.05, 4.69) is 0 Å². The van der Waals surface area contributed by atoms with E-state index < -0.39 is 0 Å². The van der Waals surface area contributed by atoms with Gasteiger partial charge in [-0.25, -0.2) is 0 Å². The van der Waals surface area contributed by atoms with Crippen molar-refractivity contribution >= 4 is 0 Å². The van der Waals surface area contributed by atoms with E-state index in [0.717, 1.165) is 0 Å². The van der Waals surface area contributed by atoms with Gasteiger partial charge >= 0.3 is 0 Å². The van der Waals surface area contributed by atoms with Gasteiger partial charge in [0, 0.05) is 162 Å². The minimum atomic E-state index is 0. The molecule has 0 bridgehead atoms. The minimum absolute atomic E-state index is 0. The van der Waals surface area contributed by atoms with Crippen molar-refractivity contribution in [1.82, 2.24) is 0 Å². The van der Waals surface area contributed by atoms with Gasteiger partial charge in [-0.2, -0.15) is 0 Å². The summed E-state index contributed by atoms with van der Waals surface area (Å²) >= 11 is 0. The Balaban J connectivity index is 0. The zero-order chi connectivity index (χ0) is 0. The Morgan fingerprint density at radius 1 is 0.625 bits per heavy atom. The van der Waals surface area contributed by atoms with Gasteiger partial charge in [0.1, 0.15) is 0 Å². The second-order valence-electron chi connectivity index (χ2n) is 0. The molecule has 0 saturated heterocycles. The minimum Gasteiger partial charge on any atom is 0 e. The first-order valence-electron chi connectivity index (χ1n) is 0. The molecule has 0 amide bonds. The van der Waals surface area contributed by atoms with Crippen LogP contribution in [0.15, 0.2) is 0 Å². The molecule has 0 aliphatic heterocycles. The van der Waals surface area contributed by atoms with Gasteiger partial charge < -0.3 is 0 Å². The molecule has 57 valence electrons. The van der Waals surface area contributed by atoms with Crippen molar-refractivity contribution < 1.29 is 162 Å². The van der Waals surface area contributed by atoms with Crippen molar-refractivity contribution in [2.24, 2.45) is 0 Å². The van der Waals surface area contributed by atoms with Crippen molar-refractivity contribution in [3.05, 3.63) is 0 Å². The first-order chi connectivity index (χ1) is 0. The van der Waals surface area contributed by atoms with Crippen molar-refractivity contribution in [3.8, 4) is 0 Å². The van der Waals surface area contributed by atoms with E-state index in [4.69, 9.17) is 0 Å². The van der Waals surface area contributed by atoms with Gasteiger partial charge in [0.25, 0.3) is 0 Å². The molecule has 1 radical (unpaired) electrons. The molecule has 8 heteroatoms. The maximum absolute atomic E-state index is 0. The molecule has 0 aliphatic carbocycles. The van der Waals surface area contributed by atoms with Crippen LogP contribution < -0.4 is 0 Å². The SMILES string of the molecule is [Au].[Fe].[Ni].[Ti].[W].[W].[W].[W]. The number of hydrogen-bond acceptors (Lipinski definition) is 0. The van der Waals surface area contributed by atoms with Crippen LogP contribution in [0.2, 0.25) is 0 Å². The Hall–Kier alpha value is 5.22. The summed E-state index contributed by atoms with van der Waals surface area (Å²) in [5, 5.41) is 0. The van der Waals surface area contributed by atoms with Crippen molar-refractivity contribution in [1.29, 1.82) is 0 Å². The molecular formula is AuFeNiTiW4. The molecule has 0 heterocycles. The van der Waals surface area contributed by atoms with Crippen LogP contribution in [0.5, 0.6) is 0 Å². The summed E-state index contributed by atoms with van der Waals surface area (Å²) in [4.78, 5) is 0. The smallest absolute Gasteiger partial charge is 0 e. The van der Waals surface area contributed by atoms with Crippen LogP contribution in [-0.2, 0) is 162 Å². The summed E-state index contributed by atoms with van der Waals surface area (Å²) in [6.45, 7) is 0. The summed E-state index contributed by atoms with van der Waals surface area (Å²) in [6, 6.07) is 0. The predicted molar refractivity (Wildman–Crippen MR) is 0 cm³/mol. The van der Waals surface area contributed by atoms with Gasteiger partial charge in [-0.15, -0.1) is 0 Å². The fourth-order valence-electron chi connectivity index (χ4n) is 0. The third-order valence-corrected chi connectivity index (χ3v) is 0. The van der Waals surface area contributed by atoms with Crippen LogP contribution in [0.4, 0.5) is 0 Å². The molecular weight excluding hydrogens is 1090 g/mol. The zero-order valence-corrected chi connectivity index (χ0v) is 20.7. The van der Waals surface area contributed by atoms with E-state index in [9.17, 15) is 0 Å². The molecule has 0 N–H and O–H groups in total. The summed E-state index contributed by atoms with van der Waals surface area (Å²) in [5.41, 5.74) is 0. The van der Waals surface area contributed by atoms with Gasteiger partial charge in [0.2, 0.25) is 0 Å². The third kappa shape index (κ3) is 43.0.